The van der Waals surface area contributed by atoms with Gasteiger partial charge in [0.25, 0.3) is 0 Å². The summed E-state index contributed by atoms with van der Waals surface area (Å²) in [4.78, 5) is 3.39. The highest BCUT2D eigenvalue weighted by Gasteiger charge is 2.12. The summed E-state index contributed by atoms with van der Waals surface area (Å²) in [6.07, 6.45) is 12.7. The lowest BCUT2D eigenvalue weighted by Gasteiger charge is -2.07. The zero-order valence-corrected chi connectivity index (χ0v) is 14.4. The number of aryl methyl sites for hydroxylation is 2. The molecule has 0 bridgehead atoms. The number of H-pyrrole nitrogens is 1. The maximum Gasteiger partial charge on any atom is 0.104 e. The number of nitrogens with one attached hydrogen (secondary N) is 1. The minimum atomic E-state index is 0.882. The van der Waals surface area contributed by atoms with Crippen molar-refractivity contribution in [3.05, 3.63) is 29.3 Å². The molecule has 0 radical (unpaired) electrons. The first-order chi connectivity index (χ1) is 10.8. The highest BCUT2D eigenvalue weighted by atomic mass is 14.9. The van der Waals surface area contributed by atoms with E-state index in [0.717, 1.165) is 12.2 Å². The molecule has 1 aromatic heterocycles. The molecule has 0 aliphatic rings. The van der Waals surface area contributed by atoms with Gasteiger partial charge in [0.15, 0.2) is 0 Å². The third-order valence-corrected chi connectivity index (χ3v) is 4.63. The maximum absolute atomic E-state index is 6.26. The van der Waals surface area contributed by atoms with E-state index in [4.69, 9.17) is 5.73 Å². The normalized spacial score (nSPS) is 11.4. The Kier molecular flexibility index (Phi) is 6.82. The number of hydrogen-bond acceptors (Lipinski definition) is 1. The predicted octanol–water partition coefficient (Wildman–Crippen LogP) is 6.00. The summed E-state index contributed by atoms with van der Waals surface area (Å²) in [5.74, 6) is 0.882. The minimum absolute atomic E-state index is 0.882. The first-order valence-corrected chi connectivity index (χ1v) is 9.15. The molecule has 2 nitrogen and oxygen atoms in total. The van der Waals surface area contributed by atoms with E-state index in [9.17, 15) is 0 Å². The summed E-state index contributed by atoms with van der Waals surface area (Å²) in [5.41, 5.74) is 10.3. The Morgan fingerprint density at radius 2 is 1.55 bits per heavy atom. The van der Waals surface area contributed by atoms with E-state index >= 15 is 0 Å². The van der Waals surface area contributed by atoms with Crippen molar-refractivity contribution in [1.29, 1.82) is 0 Å². The largest absolute Gasteiger partial charge is 0.385 e. The molecule has 0 amide bonds. The van der Waals surface area contributed by atoms with Crippen LogP contribution in [0.5, 0.6) is 0 Å². The molecule has 0 atom stereocenters. The van der Waals surface area contributed by atoms with Crippen molar-refractivity contribution < 1.29 is 0 Å². The van der Waals surface area contributed by atoms with Gasteiger partial charge in [-0.1, -0.05) is 64.5 Å². The number of unbranched alkanes of at least 4 members (excludes halogenated alkanes) is 6. The minimum Gasteiger partial charge on any atom is -0.385 e. The van der Waals surface area contributed by atoms with E-state index in [1.54, 1.807) is 0 Å². The van der Waals surface area contributed by atoms with Crippen LogP contribution in [0.3, 0.4) is 0 Å². The van der Waals surface area contributed by atoms with Gasteiger partial charge in [-0.15, -0.1) is 0 Å². The van der Waals surface area contributed by atoms with Crippen LogP contribution in [0.25, 0.3) is 10.9 Å². The summed E-state index contributed by atoms with van der Waals surface area (Å²) in [6.45, 7) is 4.52. The van der Waals surface area contributed by atoms with Gasteiger partial charge < -0.3 is 10.7 Å². The van der Waals surface area contributed by atoms with Crippen LogP contribution in [0, 0.1) is 0 Å². The molecule has 2 rings (SSSR count). The fraction of sp³-hybridized carbons (Fsp3) is 0.600. The number of hydrogen-bond donors (Lipinski definition) is 2. The Morgan fingerprint density at radius 1 is 0.864 bits per heavy atom. The Balaban J connectivity index is 2.13. The average Bonchev–Trinajstić information content (AvgIpc) is 2.84. The van der Waals surface area contributed by atoms with Crippen molar-refractivity contribution in [2.45, 2.75) is 78.1 Å². The number of aromatic amines is 1. The molecule has 0 saturated heterocycles. The molecule has 0 aliphatic carbocycles. The Bertz CT molecular complexity index is 568. The SMILES string of the molecule is CCCCCCc1cccc2[nH]c(N)c(CCCCCC)c12. The molecule has 2 aromatic rings. The van der Waals surface area contributed by atoms with E-state index in [-0.39, 0.29) is 0 Å². The third kappa shape index (κ3) is 4.28. The van der Waals surface area contributed by atoms with Gasteiger partial charge in [0.05, 0.1) is 0 Å². The van der Waals surface area contributed by atoms with Crippen LogP contribution in [0.2, 0.25) is 0 Å². The van der Waals surface area contributed by atoms with Crippen LogP contribution >= 0.6 is 0 Å². The van der Waals surface area contributed by atoms with Crippen LogP contribution in [0.15, 0.2) is 18.2 Å². The van der Waals surface area contributed by atoms with E-state index in [0.29, 0.717) is 0 Å². The molecule has 3 N–H and O–H groups in total. The molecule has 0 saturated carbocycles. The lowest BCUT2D eigenvalue weighted by molar-refractivity contribution is 0.665. The fourth-order valence-electron chi connectivity index (χ4n) is 3.35. The number of anilines is 1. The summed E-state index contributed by atoms with van der Waals surface area (Å²) in [7, 11) is 0. The van der Waals surface area contributed by atoms with Gasteiger partial charge in [0.1, 0.15) is 5.82 Å². The topological polar surface area (TPSA) is 41.8 Å². The zero-order chi connectivity index (χ0) is 15.8. The quantitative estimate of drug-likeness (QED) is 0.519. The summed E-state index contributed by atoms with van der Waals surface area (Å²) < 4.78 is 0. The van der Waals surface area contributed by atoms with Gasteiger partial charge in [-0.25, -0.2) is 0 Å². The molecule has 122 valence electrons. The van der Waals surface area contributed by atoms with E-state index in [2.05, 4.69) is 37.0 Å². The number of nitrogen functional groups attached to an aromatic ring is 1. The second kappa shape index (κ2) is 8.87. The van der Waals surface area contributed by atoms with Crippen LogP contribution in [0.1, 0.15) is 76.3 Å². The smallest absolute Gasteiger partial charge is 0.104 e. The molecule has 22 heavy (non-hydrogen) atoms. The van der Waals surface area contributed by atoms with E-state index in [1.165, 1.54) is 79.8 Å². The molecule has 0 fully saturated rings. The lowest BCUT2D eigenvalue weighted by atomic mass is 9.97. The Labute approximate surface area is 135 Å². The molecule has 0 aliphatic heterocycles. The predicted molar refractivity (Wildman–Crippen MR) is 98.4 cm³/mol. The number of rotatable bonds is 10. The molecular formula is C20H32N2. The monoisotopic (exact) mass is 300 g/mol. The van der Waals surface area contributed by atoms with Gasteiger partial charge in [0, 0.05) is 16.5 Å². The highest BCUT2D eigenvalue weighted by molar-refractivity contribution is 5.91. The lowest BCUT2D eigenvalue weighted by Crippen LogP contribution is -1.94. The third-order valence-electron chi connectivity index (χ3n) is 4.63. The van der Waals surface area contributed by atoms with Crippen molar-refractivity contribution in [1.82, 2.24) is 4.98 Å². The number of aromatic nitrogens is 1. The summed E-state index contributed by atoms with van der Waals surface area (Å²) in [5, 5.41) is 1.41. The van der Waals surface area contributed by atoms with Crippen LogP contribution in [-0.4, -0.2) is 4.98 Å². The van der Waals surface area contributed by atoms with Gasteiger partial charge in [-0.2, -0.15) is 0 Å². The molecule has 1 aromatic carbocycles. The Morgan fingerprint density at radius 3 is 2.23 bits per heavy atom. The zero-order valence-electron chi connectivity index (χ0n) is 14.4. The number of fused-ring (bicyclic) bond motifs is 1. The van der Waals surface area contributed by atoms with Crippen molar-refractivity contribution in [2.24, 2.45) is 0 Å². The fourth-order valence-corrected chi connectivity index (χ4v) is 3.35. The molecule has 2 heteroatoms. The van der Waals surface area contributed by atoms with Gasteiger partial charge in [-0.3, -0.25) is 0 Å². The molecule has 1 heterocycles. The number of nitrogens with two attached hydrogens (primary N) is 1. The number of benzene rings is 1. The first-order valence-electron chi connectivity index (χ1n) is 9.15. The maximum atomic E-state index is 6.26. The first kappa shape index (κ1) is 16.9. The Hall–Kier alpha value is -1.44. The summed E-state index contributed by atoms with van der Waals surface area (Å²) in [6, 6.07) is 6.61. The van der Waals surface area contributed by atoms with E-state index < -0.39 is 0 Å². The second-order valence-corrected chi connectivity index (χ2v) is 6.48. The molecule has 0 unspecified atom stereocenters. The average molecular weight is 300 g/mol. The molecular weight excluding hydrogens is 268 g/mol. The van der Waals surface area contributed by atoms with Crippen molar-refractivity contribution in [3.8, 4) is 0 Å². The van der Waals surface area contributed by atoms with Crippen LogP contribution < -0.4 is 5.73 Å². The second-order valence-electron chi connectivity index (χ2n) is 6.48. The van der Waals surface area contributed by atoms with Crippen molar-refractivity contribution >= 4 is 16.7 Å². The van der Waals surface area contributed by atoms with Gasteiger partial charge in [-0.05, 0) is 37.3 Å². The summed E-state index contributed by atoms with van der Waals surface area (Å²) >= 11 is 0. The van der Waals surface area contributed by atoms with Crippen molar-refractivity contribution in [2.75, 3.05) is 5.73 Å². The van der Waals surface area contributed by atoms with Crippen molar-refractivity contribution in [3.63, 3.8) is 0 Å². The van der Waals surface area contributed by atoms with Crippen LogP contribution in [-0.2, 0) is 12.8 Å². The van der Waals surface area contributed by atoms with Crippen LogP contribution in [0.4, 0.5) is 5.82 Å². The highest BCUT2D eigenvalue weighted by Crippen LogP contribution is 2.30. The standard InChI is InChI=1S/C20H32N2/c1-3-5-7-9-12-16-13-11-15-18-19(16)17(20(21)22-18)14-10-8-6-4-2/h11,13,15,22H,3-10,12,14,21H2,1-2H3. The molecule has 0 spiro atoms. The van der Waals surface area contributed by atoms with Gasteiger partial charge >= 0.3 is 0 Å². The van der Waals surface area contributed by atoms with Gasteiger partial charge in [0.2, 0.25) is 0 Å². The van der Waals surface area contributed by atoms with E-state index in [1.807, 2.05) is 0 Å².